The number of benzene rings is 1. The fourth-order valence-corrected chi connectivity index (χ4v) is 3.66. The van der Waals surface area contributed by atoms with Crippen LogP contribution in [0.3, 0.4) is 0 Å². The number of aliphatic imine (C=N–C) groups is 1. The standard InChI is InChI=1S/C21H32FN5O3/c1-2-23-21(24-14-17-3-4-19(22)18(13-17)16-28)27-7-5-25(6-8-27)15-20(29)26-9-11-30-12-10-26/h3-4,13,28H,2,5-12,14-16H2,1H3,(H,23,24). The highest BCUT2D eigenvalue weighted by molar-refractivity contribution is 5.80. The summed E-state index contributed by atoms with van der Waals surface area (Å²) < 4.78 is 18.9. The topological polar surface area (TPSA) is 80.6 Å². The maximum Gasteiger partial charge on any atom is 0.236 e. The van der Waals surface area contributed by atoms with Crippen molar-refractivity contribution in [2.45, 2.75) is 20.1 Å². The van der Waals surface area contributed by atoms with E-state index in [-0.39, 0.29) is 18.1 Å². The third-order valence-electron chi connectivity index (χ3n) is 5.42. The van der Waals surface area contributed by atoms with Gasteiger partial charge in [0.15, 0.2) is 5.96 Å². The summed E-state index contributed by atoms with van der Waals surface area (Å²) in [5.74, 6) is 0.578. The number of nitrogens with one attached hydrogen (secondary N) is 1. The van der Waals surface area contributed by atoms with E-state index in [0.717, 1.165) is 44.2 Å². The van der Waals surface area contributed by atoms with Crippen LogP contribution in [0.15, 0.2) is 23.2 Å². The van der Waals surface area contributed by atoms with Crippen LogP contribution in [-0.4, -0.2) is 97.2 Å². The van der Waals surface area contributed by atoms with Crippen molar-refractivity contribution < 1.29 is 19.0 Å². The van der Waals surface area contributed by atoms with Crippen LogP contribution in [0.2, 0.25) is 0 Å². The van der Waals surface area contributed by atoms with Crippen LogP contribution < -0.4 is 5.32 Å². The number of guanidine groups is 1. The Kier molecular flexibility index (Phi) is 8.41. The summed E-state index contributed by atoms with van der Waals surface area (Å²) in [6.07, 6.45) is 0. The lowest BCUT2D eigenvalue weighted by Gasteiger charge is -2.37. The van der Waals surface area contributed by atoms with Gasteiger partial charge in [0.1, 0.15) is 5.82 Å². The molecule has 1 aromatic carbocycles. The number of morpholine rings is 1. The molecule has 30 heavy (non-hydrogen) atoms. The second kappa shape index (κ2) is 11.2. The second-order valence-corrected chi connectivity index (χ2v) is 7.51. The molecule has 0 unspecified atom stereocenters. The van der Waals surface area contributed by atoms with Gasteiger partial charge in [0.05, 0.1) is 32.9 Å². The lowest BCUT2D eigenvalue weighted by Crippen LogP contribution is -2.54. The van der Waals surface area contributed by atoms with Gasteiger partial charge >= 0.3 is 0 Å². The minimum absolute atomic E-state index is 0.170. The van der Waals surface area contributed by atoms with E-state index in [1.54, 1.807) is 12.1 Å². The molecule has 0 atom stereocenters. The molecule has 2 N–H and O–H groups in total. The Morgan fingerprint density at radius 1 is 1.17 bits per heavy atom. The predicted octanol–water partition coefficient (Wildman–Crippen LogP) is 0.260. The molecule has 0 aromatic heterocycles. The number of piperazine rings is 1. The van der Waals surface area contributed by atoms with Crippen molar-refractivity contribution in [2.24, 2.45) is 4.99 Å². The van der Waals surface area contributed by atoms with Crippen molar-refractivity contribution in [2.75, 3.05) is 65.6 Å². The first kappa shape index (κ1) is 22.5. The number of ether oxygens (including phenoxy) is 1. The van der Waals surface area contributed by atoms with Gasteiger partial charge in [-0.05, 0) is 24.6 Å². The first-order chi connectivity index (χ1) is 14.6. The number of hydrogen-bond donors (Lipinski definition) is 2. The molecule has 2 heterocycles. The number of aliphatic hydroxyl groups is 1. The minimum Gasteiger partial charge on any atom is -0.392 e. The first-order valence-corrected chi connectivity index (χ1v) is 10.6. The Bertz CT molecular complexity index is 731. The lowest BCUT2D eigenvalue weighted by molar-refractivity contribution is -0.136. The maximum atomic E-state index is 13.6. The second-order valence-electron chi connectivity index (χ2n) is 7.51. The molecule has 0 radical (unpaired) electrons. The summed E-state index contributed by atoms with van der Waals surface area (Å²) in [6.45, 7) is 9.06. The normalized spacial score (nSPS) is 18.6. The van der Waals surface area contributed by atoms with Gasteiger partial charge in [0.25, 0.3) is 0 Å². The van der Waals surface area contributed by atoms with Gasteiger partial charge in [-0.1, -0.05) is 6.07 Å². The molecule has 8 nitrogen and oxygen atoms in total. The number of rotatable bonds is 6. The van der Waals surface area contributed by atoms with E-state index in [2.05, 4.69) is 15.1 Å². The Hall–Kier alpha value is -2.23. The summed E-state index contributed by atoms with van der Waals surface area (Å²) in [6, 6.07) is 4.71. The van der Waals surface area contributed by atoms with Crippen molar-refractivity contribution in [1.29, 1.82) is 0 Å². The molecule has 1 amide bonds. The Balaban J connectivity index is 1.53. The Morgan fingerprint density at radius 3 is 2.57 bits per heavy atom. The van der Waals surface area contributed by atoms with Crippen molar-refractivity contribution in [3.8, 4) is 0 Å². The zero-order valence-corrected chi connectivity index (χ0v) is 17.6. The molecular formula is C21H32FN5O3. The molecular weight excluding hydrogens is 389 g/mol. The largest absolute Gasteiger partial charge is 0.392 e. The number of amides is 1. The maximum absolute atomic E-state index is 13.6. The van der Waals surface area contributed by atoms with Crippen LogP contribution in [0.1, 0.15) is 18.1 Å². The van der Waals surface area contributed by atoms with Crippen molar-refractivity contribution in [3.05, 3.63) is 35.1 Å². The quantitative estimate of drug-likeness (QED) is 0.507. The van der Waals surface area contributed by atoms with E-state index in [4.69, 9.17) is 9.73 Å². The number of hydrogen-bond acceptors (Lipinski definition) is 5. The number of carbonyl (C=O) groups is 1. The van der Waals surface area contributed by atoms with Crippen LogP contribution in [0.4, 0.5) is 4.39 Å². The minimum atomic E-state index is -0.403. The van der Waals surface area contributed by atoms with Crippen LogP contribution in [0, 0.1) is 5.82 Å². The predicted molar refractivity (Wildman–Crippen MR) is 113 cm³/mol. The molecule has 0 saturated carbocycles. The van der Waals surface area contributed by atoms with Gasteiger partial charge in [-0.15, -0.1) is 0 Å². The molecule has 0 bridgehead atoms. The van der Waals surface area contributed by atoms with Crippen LogP contribution in [0.25, 0.3) is 0 Å². The number of halogens is 1. The zero-order valence-electron chi connectivity index (χ0n) is 17.6. The zero-order chi connectivity index (χ0) is 21.3. The van der Waals surface area contributed by atoms with E-state index in [1.165, 1.54) is 6.07 Å². The molecule has 166 valence electrons. The van der Waals surface area contributed by atoms with Gasteiger partial charge in [-0.3, -0.25) is 9.69 Å². The third kappa shape index (κ3) is 6.13. The Labute approximate surface area is 177 Å². The van der Waals surface area contributed by atoms with Crippen LogP contribution in [0.5, 0.6) is 0 Å². The monoisotopic (exact) mass is 421 g/mol. The molecule has 2 fully saturated rings. The fourth-order valence-electron chi connectivity index (χ4n) is 3.66. The van der Waals surface area contributed by atoms with Gasteiger partial charge in [-0.2, -0.15) is 0 Å². The molecule has 2 saturated heterocycles. The molecule has 9 heteroatoms. The fraction of sp³-hybridized carbons (Fsp3) is 0.619. The Morgan fingerprint density at radius 2 is 1.90 bits per heavy atom. The van der Waals surface area contributed by atoms with E-state index in [0.29, 0.717) is 39.4 Å². The molecule has 2 aliphatic rings. The van der Waals surface area contributed by atoms with Gasteiger partial charge in [0.2, 0.25) is 5.91 Å². The first-order valence-electron chi connectivity index (χ1n) is 10.6. The highest BCUT2D eigenvalue weighted by Gasteiger charge is 2.24. The summed E-state index contributed by atoms with van der Waals surface area (Å²) in [5, 5.41) is 12.6. The van der Waals surface area contributed by atoms with Crippen LogP contribution >= 0.6 is 0 Å². The summed E-state index contributed by atoms with van der Waals surface area (Å²) >= 11 is 0. The summed E-state index contributed by atoms with van der Waals surface area (Å²) in [5.41, 5.74) is 1.14. The van der Waals surface area contributed by atoms with Gasteiger partial charge in [-0.25, -0.2) is 9.38 Å². The molecule has 0 aliphatic carbocycles. The third-order valence-corrected chi connectivity index (χ3v) is 5.42. The van der Waals surface area contributed by atoms with Crippen molar-refractivity contribution in [1.82, 2.24) is 20.0 Å². The highest BCUT2D eigenvalue weighted by Crippen LogP contribution is 2.12. The van der Waals surface area contributed by atoms with E-state index in [9.17, 15) is 14.3 Å². The number of aliphatic hydroxyl groups excluding tert-OH is 1. The number of carbonyl (C=O) groups excluding carboxylic acids is 1. The lowest BCUT2D eigenvalue weighted by atomic mass is 10.1. The highest BCUT2D eigenvalue weighted by atomic mass is 19.1. The SMILES string of the molecule is CCNC(=NCc1ccc(F)c(CO)c1)N1CCN(CC(=O)N2CCOCC2)CC1. The molecule has 3 rings (SSSR count). The molecule has 1 aromatic rings. The molecule has 2 aliphatic heterocycles. The van der Waals surface area contributed by atoms with Gasteiger partial charge in [0, 0.05) is 51.4 Å². The van der Waals surface area contributed by atoms with E-state index in [1.807, 2.05) is 11.8 Å². The van der Waals surface area contributed by atoms with Crippen molar-refractivity contribution in [3.63, 3.8) is 0 Å². The summed E-state index contributed by atoms with van der Waals surface area (Å²) in [7, 11) is 0. The smallest absolute Gasteiger partial charge is 0.236 e. The molecule has 0 spiro atoms. The summed E-state index contributed by atoms with van der Waals surface area (Å²) in [4.78, 5) is 23.4. The number of nitrogens with zero attached hydrogens (tertiary/aromatic N) is 4. The average Bonchev–Trinajstić information content (AvgIpc) is 2.78. The van der Waals surface area contributed by atoms with Crippen molar-refractivity contribution >= 4 is 11.9 Å². The average molecular weight is 422 g/mol. The van der Waals surface area contributed by atoms with E-state index < -0.39 is 5.82 Å². The van der Waals surface area contributed by atoms with Gasteiger partial charge < -0.3 is 25.0 Å². The van der Waals surface area contributed by atoms with Crippen LogP contribution in [-0.2, 0) is 22.7 Å². The van der Waals surface area contributed by atoms with E-state index >= 15 is 0 Å².